The second-order valence-corrected chi connectivity index (χ2v) is 15.5. The van der Waals surface area contributed by atoms with Crippen LogP contribution in [0.4, 0.5) is 17.1 Å². The average molecular weight is 542 g/mol. The summed E-state index contributed by atoms with van der Waals surface area (Å²) in [6.45, 7) is 25.8. The van der Waals surface area contributed by atoms with E-state index in [0.29, 0.717) is 12.1 Å². The lowest BCUT2D eigenvalue weighted by Crippen LogP contribution is -2.62. The van der Waals surface area contributed by atoms with Gasteiger partial charge in [0.2, 0.25) is 0 Å². The zero-order valence-corrected chi connectivity index (χ0v) is 27.8. The highest BCUT2D eigenvalue weighted by atomic mass is 15.2. The van der Waals surface area contributed by atoms with Crippen molar-refractivity contribution in [1.29, 1.82) is 0 Å². The van der Waals surface area contributed by atoms with Crippen LogP contribution in [0.2, 0.25) is 0 Å². The van der Waals surface area contributed by atoms with Gasteiger partial charge < -0.3 is 25.3 Å². The third-order valence-electron chi connectivity index (χ3n) is 9.06. The smallest absolute Gasteiger partial charge is 0.0407 e. The maximum Gasteiger partial charge on any atom is 0.0407 e. The lowest BCUT2D eigenvalue weighted by molar-refractivity contribution is 0.161. The molecule has 2 heterocycles. The summed E-state index contributed by atoms with van der Waals surface area (Å²) in [5.74, 6) is 0. The number of rotatable bonds is 11. The first-order valence-corrected chi connectivity index (χ1v) is 15.9. The molecule has 0 saturated carbocycles. The predicted octanol–water partition coefficient (Wildman–Crippen LogP) is 7.58. The van der Waals surface area contributed by atoms with Crippen LogP contribution < -0.4 is 25.3 Å². The highest BCUT2D eigenvalue weighted by molar-refractivity contribution is 5.70. The van der Waals surface area contributed by atoms with E-state index in [1.165, 1.54) is 42.7 Å². The molecular weight excluding hydrogens is 478 g/mol. The molecule has 0 bridgehead atoms. The van der Waals surface area contributed by atoms with Crippen LogP contribution >= 0.6 is 0 Å². The second-order valence-electron chi connectivity index (χ2n) is 15.5. The third-order valence-corrected chi connectivity index (χ3v) is 9.06. The Labute approximate surface area is 242 Å². The van der Waals surface area contributed by atoms with E-state index in [9.17, 15) is 0 Å². The summed E-state index contributed by atoms with van der Waals surface area (Å²) in [6.07, 6.45) is 9.52. The van der Waals surface area contributed by atoms with Crippen LogP contribution in [-0.2, 0) is 0 Å². The molecule has 5 nitrogen and oxygen atoms in total. The standard InChI is InChI=1S/C34H63N5/c1-13-15-17-39(18-16-14-2)28-20-26(37(11)29-22-31(3,4)35-32(5,6)23-29)19-27(21-28)38(12)30-24-33(7,8)36-34(9,10)25-30/h19-21,29-30,35-36H,13-18,22-25H2,1-12H3. The van der Waals surface area contributed by atoms with Crippen molar-refractivity contribution in [2.75, 3.05) is 41.9 Å². The van der Waals surface area contributed by atoms with Gasteiger partial charge in [0.05, 0.1) is 0 Å². The molecule has 2 aliphatic rings. The van der Waals surface area contributed by atoms with Gasteiger partial charge in [-0.25, -0.2) is 0 Å². The van der Waals surface area contributed by atoms with Crippen LogP contribution in [0.3, 0.4) is 0 Å². The van der Waals surface area contributed by atoms with Gasteiger partial charge >= 0.3 is 0 Å². The Balaban J connectivity index is 2.03. The SMILES string of the molecule is CCCCN(CCCC)c1cc(N(C)C2CC(C)(C)NC(C)(C)C2)cc(N(C)C2CC(C)(C)NC(C)(C)C2)c1. The van der Waals surface area contributed by atoms with Gasteiger partial charge in [-0.2, -0.15) is 0 Å². The quantitative estimate of drug-likeness (QED) is 0.302. The second kappa shape index (κ2) is 12.2. The van der Waals surface area contributed by atoms with Crippen molar-refractivity contribution in [3.63, 3.8) is 0 Å². The minimum absolute atomic E-state index is 0.123. The van der Waals surface area contributed by atoms with Gasteiger partial charge in [0.15, 0.2) is 0 Å². The number of unbranched alkanes of at least 4 members (excludes halogenated alkanes) is 2. The molecule has 0 amide bonds. The molecule has 0 aliphatic carbocycles. The predicted molar refractivity (Wildman–Crippen MR) is 174 cm³/mol. The Hall–Kier alpha value is -1.46. The molecule has 2 saturated heterocycles. The average Bonchev–Trinajstić information content (AvgIpc) is 2.79. The number of anilines is 3. The molecule has 0 radical (unpaired) electrons. The Morgan fingerprint density at radius 2 is 0.897 bits per heavy atom. The van der Waals surface area contributed by atoms with Crippen molar-refractivity contribution < 1.29 is 0 Å². The molecule has 2 N–H and O–H groups in total. The molecule has 5 heteroatoms. The maximum atomic E-state index is 3.88. The lowest BCUT2D eigenvalue weighted by atomic mass is 9.79. The van der Waals surface area contributed by atoms with Crippen molar-refractivity contribution in [1.82, 2.24) is 10.6 Å². The summed E-state index contributed by atoms with van der Waals surface area (Å²) >= 11 is 0. The molecule has 2 aliphatic heterocycles. The fourth-order valence-electron chi connectivity index (χ4n) is 7.74. The molecule has 224 valence electrons. The summed E-state index contributed by atoms with van der Waals surface area (Å²) in [6, 6.07) is 8.45. The molecule has 1 aromatic carbocycles. The molecule has 0 unspecified atom stereocenters. The van der Waals surface area contributed by atoms with Gasteiger partial charge in [0.1, 0.15) is 0 Å². The van der Waals surface area contributed by atoms with E-state index in [4.69, 9.17) is 0 Å². The zero-order valence-electron chi connectivity index (χ0n) is 27.8. The van der Waals surface area contributed by atoms with Gasteiger partial charge in [-0.15, -0.1) is 0 Å². The summed E-state index contributed by atoms with van der Waals surface area (Å²) in [5.41, 5.74) is 4.60. The molecule has 2 fully saturated rings. The molecule has 0 spiro atoms. The Bertz CT molecular complexity index is 831. The highest BCUT2D eigenvalue weighted by Crippen LogP contribution is 2.39. The van der Waals surface area contributed by atoms with Crippen LogP contribution in [0.5, 0.6) is 0 Å². The fourth-order valence-corrected chi connectivity index (χ4v) is 7.74. The number of hydrogen-bond donors (Lipinski definition) is 2. The van der Waals surface area contributed by atoms with Crippen molar-refractivity contribution >= 4 is 17.1 Å². The number of hydrogen-bond acceptors (Lipinski definition) is 5. The molecule has 1 aromatic rings. The summed E-state index contributed by atoms with van der Waals surface area (Å²) in [7, 11) is 4.68. The van der Waals surface area contributed by atoms with Gasteiger partial charge in [-0.05, 0) is 112 Å². The van der Waals surface area contributed by atoms with Crippen molar-refractivity contribution in [3.8, 4) is 0 Å². The normalized spacial score (nSPS) is 22.5. The third kappa shape index (κ3) is 8.76. The monoisotopic (exact) mass is 542 g/mol. The first-order valence-electron chi connectivity index (χ1n) is 15.9. The Morgan fingerprint density at radius 1 is 0.590 bits per heavy atom. The topological polar surface area (TPSA) is 33.8 Å². The van der Waals surface area contributed by atoms with E-state index in [1.807, 2.05) is 0 Å². The molecule has 3 rings (SSSR count). The van der Waals surface area contributed by atoms with Crippen LogP contribution in [0.15, 0.2) is 18.2 Å². The molecular formula is C34H63N5. The Morgan fingerprint density at radius 3 is 1.21 bits per heavy atom. The van der Waals surface area contributed by atoms with Crippen molar-refractivity contribution in [2.45, 2.75) is 155 Å². The summed E-state index contributed by atoms with van der Waals surface area (Å²) in [5, 5.41) is 7.77. The van der Waals surface area contributed by atoms with E-state index in [-0.39, 0.29) is 22.2 Å². The number of nitrogens with one attached hydrogen (secondary N) is 2. The minimum Gasteiger partial charge on any atom is -0.371 e. The van der Waals surface area contributed by atoms with Gasteiger partial charge in [-0.1, -0.05) is 26.7 Å². The van der Waals surface area contributed by atoms with E-state index in [1.54, 1.807) is 0 Å². The van der Waals surface area contributed by atoms with E-state index in [2.05, 4.69) is 127 Å². The van der Waals surface area contributed by atoms with Gasteiger partial charge in [0, 0.05) is 78.5 Å². The lowest BCUT2D eigenvalue weighted by Gasteiger charge is -2.50. The van der Waals surface area contributed by atoms with Gasteiger partial charge in [-0.3, -0.25) is 0 Å². The Kier molecular flexibility index (Phi) is 10.0. The van der Waals surface area contributed by atoms with Crippen LogP contribution in [0.1, 0.15) is 121 Å². The number of piperidine rings is 2. The minimum atomic E-state index is 0.123. The first kappa shape index (κ1) is 32.1. The van der Waals surface area contributed by atoms with Crippen LogP contribution in [-0.4, -0.2) is 61.4 Å². The molecule has 0 atom stereocenters. The van der Waals surface area contributed by atoms with E-state index >= 15 is 0 Å². The number of benzene rings is 1. The summed E-state index contributed by atoms with van der Waals surface area (Å²) < 4.78 is 0. The largest absolute Gasteiger partial charge is 0.371 e. The maximum absolute atomic E-state index is 3.88. The van der Waals surface area contributed by atoms with Crippen LogP contribution in [0, 0.1) is 0 Å². The zero-order chi connectivity index (χ0) is 29.2. The van der Waals surface area contributed by atoms with Crippen molar-refractivity contribution in [2.24, 2.45) is 0 Å². The highest BCUT2D eigenvalue weighted by Gasteiger charge is 2.41. The molecule has 0 aromatic heterocycles. The van der Waals surface area contributed by atoms with Gasteiger partial charge in [0.25, 0.3) is 0 Å². The van der Waals surface area contributed by atoms with E-state index < -0.39 is 0 Å². The summed E-state index contributed by atoms with van der Waals surface area (Å²) in [4.78, 5) is 7.85. The first-order chi connectivity index (χ1) is 18.0. The fraction of sp³-hybridized carbons (Fsp3) is 0.824. The van der Waals surface area contributed by atoms with E-state index in [0.717, 1.165) is 38.8 Å². The van der Waals surface area contributed by atoms with Crippen molar-refractivity contribution in [3.05, 3.63) is 18.2 Å². The molecule has 39 heavy (non-hydrogen) atoms. The van der Waals surface area contributed by atoms with Crippen LogP contribution in [0.25, 0.3) is 0 Å². The number of nitrogens with zero attached hydrogens (tertiary/aromatic N) is 3.